The van der Waals surface area contributed by atoms with Crippen molar-refractivity contribution in [2.24, 2.45) is 0 Å². The van der Waals surface area contributed by atoms with Gasteiger partial charge in [-0.25, -0.2) is 0 Å². The summed E-state index contributed by atoms with van der Waals surface area (Å²) < 4.78 is 5.35. The predicted octanol–water partition coefficient (Wildman–Crippen LogP) is 2.77. The van der Waals surface area contributed by atoms with Crippen LogP contribution in [0.15, 0.2) is 12.2 Å². The van der Waals surface area contributed by atoms with Crippen LogP contribution in [0.4, 0.5) is 0 Å². The van der Waals surface area contributed by atoms with E-state index in [0.29, 0.717) is 6.10 Å². The molecule has 0 radical (unpaired) electrons. The second-order valence-electron chi connectivity index (χ2n) is 2.57. The lowest BCUT2D eigenvalue weighted by Gasteiger charge is -2.11. The molecular formula is C9H18O. The van der Waals surface area contributed by atoms with Crippen LogP contribution in [-0.4, -0.2) is 12.7 Å². The van der Waals surface area contributed by atoms with Crippen LogP contribution in [0.2, 0.25) is 0 Å². The molecule has 0 aliphatic rings. The van der Waals surface area contributed by atoms with Gasteiger partial charge in [0.25, 0.3) is 0 Å². The summed E-state index contributed by atoms with van der Waals surface area (Å²) in [6.07, 6.45) is 2.42. The molecule has 0 saturated heterocycles. The van der Waals surface area contributed by atoms with E-state index in [1.54, 1.807) is 0 Å². The molecule has 1 nitrogen and oxygen atoms in total. The maximum absolute atomic E-state index is 5.35. The van der Waals surface area contributed by atoms with Crippen molar-refractivity contribution in [2.75, 3.05) is 6.61 Å². The normalized spacial score (nSPS) is 13.1. The minimum Gasteiger partial charge on any atom is -0.378 e. The molecule has 0 aromatic heterocycles. The van der Waals surface area contributed by atoms with E-state index in [-0.39, 0.29) is 0 Å². The Hall–Kier alpha value is -0.300. The Morgan fingerprint density at radius 2 is 2.10 bits per heavy atom. The molecule has 0 bridgehead atoms. The monoisotopic (exact) mass is 142 g/mol. The zero-order valence-corrected chi connectivity index (χ0v) is 7.31. The van der Waals surface area contributed by atoms with Crippen molar-refractivity contribution in [3.63, 3.8) is 0 Å². The average molecular weight is 142 g/mol. The third-order valence-corrected chi connectivity index (χ3v) is 1.53. The van der Waals surface area contributed by atoms with Gasteiger partial charge in [-0.1, -0.05) is 19.1 Å². The van der Waals surface area contributed by atoms with Crippen LogP contribution in [0, 0.1) is 0 Å². The van der Waals surface area contributed by atoms with Crippen LogP contribution < -0.4 is 0 Å². The molecule has 0 aromatic carbocycles. The molecule has 0 rings (SSSR count). The van der Waals surface area contributed by atoms with Gasteiger partial charge in [-0.15, -0.1) is 0 Å². The smallest absolute Gasteiger partial charge is 0.0583 e. The third-order valence-electron chi connectivity index (χ3n) is 1.53. The summed E-state index contributed by atoms with van der Waals surface area (Å²) in [5.41, 5.74) is 1.28. The molecule has 0 amide bonds. The van der Waals surface area contributed by atoms with Gasteiger partial charge in [0.1, 0.15) is 0 Å². The van der Waals surface area contributed by atoms with Gasteiger partial charge in [0.05, 0.1) is 6.10 Å². The van der Waals surface area contributed by atoms with E-state index in [2.05, 4.69) is 20.4 Å². The summed E-state index contributed by atoms with van der Waals surface area (Å²) in [5, 5.41) is 0. The molecule has 0 spiro atoms. The zero-order chi connectivity index (χ0) is 7.98. The summed E-state index contributed by atoms with van der Waals surface area (Å²) in [6.45, 7) is 11.0. The fourth-order valence-corrected chi connectivity index (χ4v) is 0.894. The van der Waals surface area contributed by atoms with Crippen molar-refractivity contribution in [3.8, 4) is 0 Å². The first-order valence-electron chi connectivity index (χ1n) is 3.98. The highest BCUT2D eigenvalue weighted by atomic mass is 16.5. The van der Waals surface area contributed by atoms with Crippen LogP contribution in [0.1, 0.15) is 33.6 Å². The van der Waals surface area contributed by atoms with Crippen LogP contribution in [0.5, 0.6) is 0 Å². The second kappa shape index (κ2) is 5.48. The van der Waals surface area contributed by atoms with Crippen molar-refractivity contribution in [1.29, 1.82) is 0 Å². The first-order valence-corrected chi connectivity index (χ1v) is 3.98. The fourth-order valence-electron chi connectivity index (χ4n) is 0.894. The molecule has 1 unspecified atom stereocenters. The summed E-state index contributed by atoms with van der Waals surface area (Å²) in [5.74, 6) is 0. The minimum absolute atomic E-state index is 0.345. The molecule has 0 heterocycles. The largest absolute Gasteiger partial charge is 0.378 e. The molecule has 0 aliphatic heterocycles. The van der Waals surface area contributed by atoms with Crippen LogP contribution in [-0.2, 0) is 4.74 Å². The molecule has 0 aliphatic carbocycles. The minimum atomic E-state index is 0.345. The predicted molar refractivity (Wildman–Crippen MR) is 45.1 cm³/mol. The lowest BCUT2D eigenvalue weighted by Crippen LogP contribution is -2.08. The maximum atomic E-state index is 5.35. The Kier molecular flexibility index (Phi) is 5.32. The van der Waals surface area contributed by atoms with Crippen molar-refractivity contribution in [2.45, 2.75) is 39.7 Å². The summed E-state index contributed by atoms with van der Waals surface area (Å²) in [4.78, 5) is 0. The number of rotatable bonds is 5. The topological polar surface area (TPSA) is 9.23 Å². The van der Waals surface area contributed by atoms with Gasteiger partial charge in [-0.2, -0.15) is 0 Å². The van der Waals surface area contributed by atoms with Gasteiger partial charge in [0.15, 0.2) is 0 Å². The van der Waals surface area contributed by atoms with Gasteiger partial charge in [-0.3, -0.25) is 0 Å². The van der Waals surface area contributed by atoms with Crippen molar-refractivity contribution in [3.05, 3.63) is 12.2 Å². The van der Waals surface area contributed by atoms with E-state index in [9.17, 15) is 0 Å². The van der Waals surface area contributed by atoms with E-state index in [0.717, 1.165) is 19.4 Å². The van der Waals surface area contributed by atoms with Crippen molar-refractivity contribution in [1.82, 2.24) is 0 Å². The molecule has 0 N–H and O–H groups in total. The fraction of sp³-hybridized carbons (Fsp3) is 0.778. The summed E-state index contributed by atoms with van der Waals surface area (Å²) in [6, 6.07) is 0. The van der Waals surface area contributed by atoms with E-state index in [1.807, 2.05) is 6.92 Å². The van der Waals surface area contributed by atoms with E-state index < -0.39 is 0 Å². The Bertz CT molecular complexity index is 96.9. The molecule has 0 saturated carbocycles. The average Bonchev–Trinajstić information content (AvgIpc) is 1.88. The zero-order valence-electron chi connectivity index (χ0n) is 7.31. The Labute approximate surface area is 64.1 Å². The van der Waals surface area contributed by atoms with Crippen LogP contribution in [0.25, 0.3) is 0 Å². The van der Waals surface area contributed by atoms with Gasteiger partial charge in [0.2, 0.25) is 0 Å². The third kappa shape index (κ3) is 4.57. The highest BCUT2D eigenvalue weighted by Crippen LogP contribution is 2.08. The lowest BCUT2D eigenvalue weighted by molar-refractivity contribution is 0.0764. The second-order valence-corrected chi connectivity index (χ2v) is 2.57. The SMILES string of the molecule is C=C(CC)CC(C)OCC. The number of hydrogen-bond donors (Lipinski definition) is 0. The van der Waals surface area contributed by atoms with Gasteiger partial charge in [-0.05, 0) is 26.7 Å². The molecule has 0 fully saturated rings. The Balaban J connectivity index is 3.37. The van der Waals surface area contributed by atoms with E-state index in [4.69, 9.17) is 4.74 Å². The molecule has 1 heteroatoms. The van der Waals surface area contributed by atoms with E-state index in [1.165, 1.54) is 5.57 Å². The molecule has 1 atom stereocenters. The van der Waals surface area contributed by atoms with Crippen molar-refractivity contribution >= 4 is 0 Å². The summed E-state index contributed by atoms with van der Waals surface area (Å²) in [7, 11) is 0. The quantitative estimate of drug-likeness (QED) is 0.536. The number of hydrogen-bond acceptors (Lipinski definition) is 1. The van der Waals surface area contributed by atoms with E-state index >= 15 is 0 Å². The highest BCUT2D eigenvalue weighted by Gasteiger charge is 2.00. The first-order chi connectivity index (χ1) is 4.70. The van der Waals surface area contributed by atoms with Gasteiger partial charge >= 0.3 is 0 Å². The summed E-state index contributed by atoms with van der Waals surface area (Å²) >= 11 is 0. The first kappa shape index (κ1) is 9.70. The Morgan fingerprint density at radius 1 is 1.50 bits per heavy atom. The van der Waals surface area contributed by atoms with Crippen molar-refractivity contribution < 1.29 is 4.74 Å². The highest BCUT2D eigenvalue weighted by molar-refractivity contribution is 4.93. The van der Waals surface area contributed by atoms with Gasteiger partial charge in [0, 0.05) is 6.61 Å². The molecule has 0 aromatic rings. The molecule has 10 heavy (non-hydrogen) atoms. The molecular weight excluding hydrogens is 124 g/mol. The lowest BCUT2D eigenvalue weighted by atomic mass is 10.1. The molecule has 60 valence electrons. The Morgan fingerprint density at radius 3 is 2.50 bits per heavy atom. The van der Waals surface area contributed by atoms with Crippen LogP contribution >= 0.6 is 0 Å². The van der Waals surface area contributed by atoms with Crippen LogP contribution in [0.3, 0.4) is 0 Å². The standard InChI is InChI=1S/C9H18O/c1-5-8(3)7-9(4)10-6-2/h9H,3,5-7H2,1-2,4H3. The number of ether oxygens (including phenoxy) is 1. The maximum Gasteiger partial charge on any atom is 0.0583 e. The van der Waals surface area contributed by atoms with Gasteiger partial charge < -0.3 is 4.74 Å².